The van der Waals surface area contributed by atoms with Gasteiger partial charge in [0.2, 0.25) is 0 Å². The van der Waals surface area contributed by atoms with Gasteiger partial charge in [0.25, 0.3) is 0 Å². The molecule has 9 aromatic rings. The van der Waals surface area contributed by atoms with Crippen LogP contribution in [0, 0.1) is 11.3 Å². The molecule has 248 valence electrons. The molecule has 1 atom stereocenters. The van der Waals surface area contributed by atoms with Crippen LogP contribution in [0.2, 0.25) is 0 Å². The van der Waals surface area contributed by atoms with Crippen LogP contribution in [-0.2, 0) is 6.54 Å². The molecule has 0 aliphatic heterocycles. The fourth-order valence-corrected chi connectivity index (χ4v) is 8.39. The Balaban J connectivity index is 1.16. The van der Waals surface area contributed by atoms with Gasteiger partial charge in [0, 0.05) is 48.7 Å². The summed E-state index contributed by atoms with van der Waals surface area (Å²) in [6.07, 6.45) is -0.519. The van der Waals surface area contributed by atoms with Gasteiger partial charge in [-0.25, -0.2) is 4.99 Å². The fraction of sp³-hybridized carbons (Fsp3) is 0.0435. The maximum atomic E-state index is 9.80. The number of rotatable bonds is 7. The van der Waals surface area contributed by atoms with E-state index < -0.39 is 6.17 Å². The molecule has 7 aromatic carbocycles. The van der Waals surface area contributed by atoms with Crippen LogP contribution in [0.25, 0.3) is 58.8 Å². The number of hydrogen-bond acceptors (Lipinski definition) is 4. The Morgan fingerprint density at radius 3 is 2.25 bits per heavy atom. The molecule has 0 spiro atoms. The predicted molar refractivity (Wildman–Crippen MR) is 217 cm³/mol. The first-order valence-corrected chi connectivity index (χ1v) is 18.1. The smallest absolute Gasteiger partial charge is 0.130 e. The molecule has 52 heavy (non-hydrogen) atoms. The number of aromatic nitrogens is 1. The third kappa shape index (κ3) is 5.69. The first-order valence-electron chi connectivity index (χ1n) is 17.3. The monoisotopic (exact) mass is 687 g/mol. The quantitative estimate of drug-likeness (QED) is 0.129. The summed E-state index contributed by atoms with van der Waals surface area (Å²) in [6.45, 7) is 0.617. The maximum absolute atomic E-state index is 9.80. The van der Waals surface area contributed by atoms with Crippen LogP contribution in [0.1, 0.15) is 28.4 Å². The molecule has 2 aromatic heterocycles. The lowest BCUT2D eigenvalue weighted by Crippen LogP contribution is -2.26. The molecule has 6 heteroatoms. The third-order valence-corrected chi connectivity index (χ3v) is 10.9. The molecule has 0 fully saturated rings. The molecule has 0 radical (unpaired) electrons. The first-order chi connectivity index (χ1) is 25.6. The van der Waals surface area contributed by atoms with E-state index >= 15 is 0 Å². The van der Waals surface area contributed by atoms with Crippen LogP contribution < -0.4 is 11.1 Å². The Bertz CT molecular complexity index is 2810. The Morgan fingerprint density at radius 1 is 0.692 bits per heavy atom. The van der Waals surface area contributed by atoms with Gasteiger partial charge in [0.1, 0.15) is 12.0 Å². The van der Waals surface area contributed by atoms with Crippen molar-refractivity contribution in [1.29, 1.82) is 5.26 Å². The van der Waals surface area contributed by atoms with Gasteiger partial charge in [-0.05, 0) is 76.9 Å². The number of thiophene rings is 1. The molecule has 0 saturated carbocycles. The number of nitrogens with two attached hydrogens (primary N) is 1. The highest BCUT2D eigenvalue weighted by Crippen LogP contribution is 2.42. The summed E-state index contributed by atoms with van der Waals surface area (Å²) in [5.74, 6) is 0.728. The van der Waals surface area contributed by atoms with Crippen LogP contribution in [0.4, 0.5) is 0 Å². The van der Waals surface area contributed by atoms with E-state index in [-0.39, 0.29) is 0 Å². The van der Waals surface area contributed by atoms with Crippen molar-refractivity contribution in [3.8, 4) is 22.9 Å². The number of nitrogens with one attached hydrogen (secondary N) is 1. The third-order valence-electron chi connectivity index (χ3n) is 9.72. The Hall–Kier alpha value is -6.52. The minimum absolute atomic E-state index is 0.519. The van der Waals surface area contributed by atoms with Crippen LogP contribution in [0.15, 0.2) is 169 Å². The molecule has 0 bridgehead atoms. The van der Waals surface area contributed by atoms with Crippen molar-refractivity contribution < 1.29 is 0 Å². The second-order valence-electron chi connectivity index (χ2n) is 12.9. The topological polar surface area (TPSA) is 79.1 Å². The predicted octanol–water partition coefficient (Wildman–Crippen LogP) is 10.9. The molecule has 1 unspecified atom stereocenters. The fourth-order valence-electron chi connectivity index (χ4n) is 7.15. The Labute approximate surface area is 305 Å². The van der Waals surface area contributed by atoms with Crippen molar-refractivity contribution in [1.82, 2.24) is 9.88 Å². The Morgan fingerprint density at radius 2 is 1.44 bits per heavy atom. The lowest BCUT2D eigenvalue weighted by molar-refractivity contribution is 0.760. The minimum Gasteiger partial charge on any atom is -0.366 e. The van der Waals surface area contributed by atoms with E-state index in [1.165, 1.54) is 25.7 Å². The normalized spacial score (nSPS) is 12.4. The number of amidine groups is 1. The molecule has 9 rings (SSSR count). The van der Waals surface area contributed by atoms with Crippen LogP contribution in [0.3, 0.4) is 0 Å². The van der Waals surface area contributed by atoms with Gasteiger partial charge < -0.3 is 15.6 Å². The summed E-state index contributed by atoms with van der Waals surface area (Å²) >= 11 is 1.84. The summed E-state index contributed by atoms with van der Waals surface area (Å²) < 4.78 is 4.87. The summed E-state index contributed by atoms with van der Waals surface area (Å²) in [6, 6.07) is 58.9. The van der Waals surface area contributed by atoms with Gasteiger partial charge in [-0.15, -0.1) is 11.3 Å². The number of fused-ring (bicyclic) bond motifs is 6. The van der Waals surface area contributed by atoms with Crippen molar-refractivity contribution in [2.45, 2.75) is 12.7 Å². The van der Waals surface area contributed by atoms with E-state index in [0.29, 0.717) is 12.1 Å². The van der Waals surface area contributed by atoms with Gasteiger partial charge in [-0.1, -0.05) is 109 Å². The van der Waals surface area contributed by atoms with Crippen LogP contribution in [0.5, 0.6) is 0 Å². The molecule has 0 saturated heterocycles. The first kappa shape index (κ1) is 31.5. The molecular weight excluding hydrogens is 655 g/mol. The molecular formula is C46H33N5S. The lowest BCUT2D eigenvalue weighted by Gasteiger charge is -2.15. The largest absolute Gasteiger partial charge is 0.366 e. The zero-order valence-corrected chi connectivity index (χ0v) is 29.0. The molecule has 5 nitrogen and oxygen atoms in total. The van der Waals surface area contributed by atoms with E-state index in [2.05, 4.69) is 119 Å². The minimum atomic E-state index is -0.519. The summed E-state index contributed by atoms with van der Waals surface area (Å²) in [5.41, 5.74) is 15.8. The van der Waals surface area contributed by atoms with Crippen LogP contribution in [-0.4, -0.2) is 10.4 Å². The summed E-state index contributed by atoms with van der Waals surface area (Å²) in [5, 5.41) is 18.1. The number of aliphatic imine (C=N–C) groups is 1. The van der Waals surface area contributed by atoms with Crippen molar-refractivity contribution >= 4 is 59.2 Å². The molecule has 0 amide bonds. The molecule has 2 heterocycles. The van der Waals surface area contributed by atoms with Gasteiger partial charge in [0.05, 0.1) is 22.7 Å². The lowest BCUT2D eigenvalue weighted by atomic mass is 10.0. The maximum Gasteiger partial charge on any atom is 0.130 e. The van der Waals surface area contributed by atoms with Crippen molar-refractivity contribution in [3.05, 3.63) is 186 Å². The summed E-state index contributed by atoms with van der Waals surface area (Å²) in [7, 11) is 0. The van der Waals surface area contributed by atoms with Gasteiger partial charge in [0.15, 0.2) is 0 Å². The molecule has 0 aliphatic rings. The molecule has 3 N–H and O–H groups in total. The molecule has 0 aliphatic carbocycles. The van der Waals surface area contributed by atoms with Gasteiger partial charge in [-0.2, -0.15) is 5.26 Å². The average molecular weight is 688 g/mol. The second-order valence-corrected chi connectivity index (χ2v) is 14.0. The van der Waals surface area contributed by atoms with Gasteiger partial charge >= 0.3 is 0 Å². The van der Waals surface area contributed by atoms with E-state index in [9.17, 15) is 5.26 Å². The Kier molecular flexibility index (Phi) is 8.05. The SMILES string of the molecule is N#Cc1ccc2c(c1)c1ccc(-c3cccc4c3sc3ccccc34)cc1n2-c1ccc(/C(=N/C(N)c2ccccc2)NCc2ccccc2)cc1. The van der Waals surface area contributed by atoms with Crippen molar-refractivity contribution in [2.24, 2.45) is 10.7 Å². The zero-order chi connectivity index (χ0) is 35.0. The number of nitrogens with zero attached hydrogens (tertiary/aromatic N) is 3. The van der Waals surface area contributed by atoms with Crippen LogP contribution >= 0.6 is 11.3 Å². The number of nitriles is 1. The van der Waals surface area contributed by atoms with Gasteiger partial charge in [-0.3, -0.25) is 0 Å². The van der Waals surface area contributed by atoms with E-state index in [0.717, 1.165) is 55.6 Å². The van der Waals surface area contributed by atoms with Crippen molar-refractivity contribution in [2.75, 3.05) is 0 Å². The summed E-state index contributed by atoms with van der Waals surface area (Å²) in [4.78, 5) is 4.98. The highest BCUT2D eigenvalue weighted by Gasteiger charge is 2.17. The van der Waals surface area contributed by atoms with Crippen molar-refractivity contribution in [3.63, 3.8) is 0 Å². The van der Waals surface area contributed by atoms with E-state index in [1.54, 1.807) is 0 Å². The highest BCUT2D eigenvalue weighted by molar-refractivity contribution is 7.26. The number of benzene rings is 7. The highest BCUT2D eigenvalue weighted by atomic mass is 32.1. The standard InChI is InChI=1S/C46H33N5S/c47-28-31-18-25-41-40(26-31)37-24-21-34(36-15-9-16-39-38-14-7-8-17-43(38)52-44(36)39)27-42(37)51(41)35-22-19-33(20-23-35)46(49-29-30-10-3-1-4-11-30)50-45(48)32-12-5-2-6-13-32/h1-27,45H,29,48H2,(H,49,50). The van der Waals surface area contributed by atoms with E-state index in [4.69, 9.17) is 10.7 Å². The van der Waals surface area contributed by atoms with E-state index in [1.807, 2.05) is 72.0 Å². The second kappa shape index (κ2) is 13.3. The average Bonchev–Trinajstić information content (AvgIpc) is 3.75. The zero-order valence-electron chi connectivity index (χ0n) is 28.2. The number of hydrogen-bond donors (Lipinski definition) is 2.